The number of hydrogen-bond donors (Lipinski definition) is 0. The molecule has 0 N–H and O–H groups in total. The molecule has 0 saturated heterocycles. The van der Waals surface area contributed by atoms with Crippen LogP contribution >= 0.6 is 15.9 Å². The average Bonchev–Trinajstić information content (AvgIpc) is 2.85. The number of halogens is 1. The lowest BCUT2D eigenvalue weighted by atomic mass is 10.1. The van der Waals surface area contributed by atoms with E-state index < -0.39 is 0 Å². The topological polar surface area (TPSA) is 44.9 Å². The molecule has 5 heteroatoms. The number of rotatable bonds is 1. The van der Waals surface area contributed by atoms with Crippen molar-refractivity contribution in [1.82, 2.24) is 9.55 Å². The highest BCUT2D eigenvalue weighted by atomic mass is 79.9. The second kappa shape index (κ2) is 4.46. The van der Waals surface area contributed by atoms with E-state index in [1.807, 2.05) is 30.6 Å². The molecule has 0 bridgehead atoms. The van der Waals surface area contributed by atoms with Crippen molar-refractivity contribution in [1.29, 1.82) is 5.26 Å². The van der Waals surface area contributed by atoms with Gasteiger partial charge >= 0.3 is 0 Å². The zero-order chi connectivity index (χ0) is 12.5. The Kier molecular flexibility index (Phi) is 2.80. The van der Waals surface area contributed by atoms with Gasteiger partial charge in [-0.2, -0.15) is 5.26 Å². The van der Waals surface area contributed by atoms with Gasteiger partial charge in [-0.25, -0.2) is 4.98 Å². The lowest BCUT2D eigenvalue weighted by molar-refractivity contribution is 0.560. The van der Waals surface area contributed by atoms with Crippen LogP contribution in [0.25, 0.3) is 0 Å². The van der Waals surface area contributed by atoms with Gasteiger partial charge in [0.2, 0.25) is 0 Å². The minimum Gasteiger partial charge on any atom is -0.361 e. The Labute approximate surface area is 114 Å². The zero-order valence-corrected chi connectivity index (χ0v) is 11.3. The maximum atomic E-state index is 9.21. The second-order valence-electron chi connectivity index (χ2n) is 4.23. The summed E-state index contributed by atoms with van der Waals surface area (Å²) in [4.78, 5) is 6.54. The molecule has 0 aliphatic carbocycles. The van der Waals surface area contributed by atoms with E-state index in [1.54, 1.807) is 0 Å². The molecule has 1 aromatic carbocycles. The lowest BCUT2D eigenvalue weighted by Crippen LogP contribution is -2.34. The fourth-order valence-electron chi connectivity index (χ4n) is 2.25. The van der Waals surface area contributed by atoms with Crippen molar-refractivity contribution in [2.45, 2.75) is 13.1 Å². The first-order chi connectivity index (χ1) is 8.78. The van der Waals surface area contributed by atoms with E-state index in [1.165, 1.54) is 0 Å². The maximum Gasteiger partial charge on any atom is 0.128 e. The van der Waals surface area contributed by atoms with E-state index in [9.17, 15) is 5.26 Å². The Morgan fingerprint density at radius 1 is 1.33 bits per heavy atom. The third-order valence-corrected chi connectivity index (χ3v) is 3.66. The second-order valence-corrected chi connectivity index (χ2v) is 5.15. The number of nitrogens with zero attached hydrogens (tertiary/aromatic N) is 4. The molecule has 0 fully saturated rings. The minimum atomic E-state index is 0.699. The third-order valence-electron chi connectivity index (χ3n) is 3.16. The molecule has 4 nitrogen and oxygen atoms in total. The number of hydrogen-bond acceptors (Lipinski definition) is 3. The van der Waals surface area contributed by atoms with Gasteiger partial charge in [0, 0.05) is 30.0 Å². The van der Waals surface area contributed by atoms with Crippen molar-refractivity contribution in [3.63, 3.8) is 0 Å². The van der Waals surface area contributed by atoms with Gasteiger partial charge in [-0.3, -0.25) is 0 Å². The van der Waals surface area contributed by atoms with E-state index in [4.69, 9.17) is 0 Å². The Morgan fingerprint density at radius 2 is 2.22 bits per heavy atom. The molecule has 0 saturated carbocycles. The molecule has 2 heterocycles. The summed E-state index contributed by atoms with van der Waals surface area (Å²) < 4.78 is 3.09. The fraction of sp³-hybridized carbons (Fsp3) is 0.231. The molecule has 90 valence electrons. The molecular formula is C13H11BrN4. The summed E-state index contributed by atoms with van der Waals surface area (Å²) in [7, 11) is 0. The largest absolute Gasteiger partial charge is 0.361 e. The maximum absolute atomic E-state index is 9.21. The predicted octanol–water partition coefficient (Wildman–Crippen LogP) is 2.54. The average molecular weight is 303 g/mol. The number of imidazole rings is 1. The fourth-order valence-corrected chi connectivity index (χ4v) is 2.61. The van der Waals surface area contributed by atoms with E-state index in [0.29, 0.717) is 5.56 Å². The summed E-state index contributed by atoms with van der Waals surface area (Å²) in [6.07, 6.45) is 3.82. The van der Waals surface area contributed by atoms with Gasteiger partial charge in [0.1, 0.15) is 11.9 Å². The van der Waals surface area contributed by atoms with Gasteiger partial charge in [0.15, 0.2) is 0 Å². The van der Waals surface area contributed by atoms with Crippen LogP contribution in [0.5, 0.6) is 0 Å². The van der Waals surface area contributed by atoms with Crippen LogP contribution in [-0.4, -0.2) is 16.1 Å². The molecule has 2 aromatic rings. The zero-order valence-electron chi connectivity index (χ0n) is 9.67. The standard InChI is InChI=1S/C13H11BrN4/c14-11-1-2-12(10(7-11)8-15)18-6-5-17-4-3-16-13(17)9-18/h1-4,7H,5-6,9H2. The van der Waals surface area contributed by atoms with Crippen LogP contribution in [0.4, 0.5) is 5.69 Å². The number of fused-ring (bicyclic) bond motifs is 1. The van der Waals surface area contributed by atoms with E-state index >= 15 is 0 Å². The summed E-state index contributed by atoms with van der Waals surface area (Å²) in [5, 5.41) is 9.21. The Balaban J connectivity index is 1.96. The van der Waals surface area contributed by atoms with Crippen LogP contribution in [0.15, 0.2) is 35.1 Å². The third kappa shape index (κ3) is 1.89. The SMILES string of the molecule is N#Cc1cc(Br)ccc1N1CCn2ccnc2C1. The minimum absolute atomic E-state index is 0.699. The monoisotopic (exact) mass is 302 g/mol. The number of nitriles is 1. The molecule has 1 aliphatic heterocycles. The van der Waals surface area contributed by atoms with Crippen LogP contribution < -0.4 is 4.90 Å². The highest BCUT2D eigenvalue weighted by Crippen LogP contribution is 2.26. The molecule has 18 heavy (non-hydrogen) atoms. The summed E-state index contributed by atoms with van der Waals surface area (Å²) >= 11 is 3.39. The summed E-state index contributed by atoms with van der Waals surface area (Å²) in [5.41, 5.74) is 1.68. The smallest absolute Gasteiger partial charge is 0.128 e. The van der Waals surface area contributed by atoms with Gasteiger partial charge < -0.3 is 9.47 Å². The molecular weight excluding hydrogens is 292 g/mol. The van der Waals surface area contributed by atoms with E-state index in [0.717, 1.165) is 35.6 Å². The van der Waals surface area contributed by atoms with Gasteiger partial charge in [0.05, 0.1) is 17.8 Å². The van der Waals surface area contributed by atoms with Crippen molar-refractivity contribution < 1.29 is 0 Å². The van der Waals surface area contributed by atoms with Crippen LogP contribution in [0, 0.1) is 11.3 Å². The van der Waals surface area contributed by atoms with Crippen molar-refractivity contribution in [3.05, 3.63) is 46.5 Å². The van der Waals surface area contributed by atoms with Crippen molar-refractivity contribution >= 4 is 21.6 Å². The number of anilines is 1. The molecule has 0 atom stereocenters. The van der Waals surface area contributed by atoms with E-state index in [-0.39, 0.29) is 0 Å². The molecule has 0 radical (unpaired) electrons. The summed E-state index contributed by atoms with van der Waals surface area (Å²) in [6, 6.07) is 8.07. The normalized spacial score (nSPS) is 14.1. The molecule has 0 unspecified atom stereocenters. The lowest BCUT2D eigenvalue weighted by Gasteiger charge is -2.30. The molecule has 1 aliphatic rings. The van der Waals surface area contributed by atoms with Crippen LogP contribution in [-0.2, 0) is 13.1 Å². The van der Waals surface area contributed by atoms with Crippen molar-refractivity contribution in [3.8, 4) is 6.07 Å². The van der Waals surface area contributed by atoms with Gasteiger partial charge in [0.25, 0.3) is 0 Å². The first-order valence-corrected chi connectivity index (χ1v) is 6.52. The van der Waals surface area contributed by atoms with Crippen LogP contribution in [0.2, 0.25) is 0 Å². The van der Waals surface area contributed by atoms with Gasteiger partial charge in [-0.15, -0.1) is 0 Å². The first-order valence-electron chi connectivity index (χ1n) is 5.72. The Morgan fingerprint density at radius 3 is 3.06 bits per heavy atom. The van der Waals surface area contributed by atoms with Gasteiger partial charge in [-0.1, -0.05) is 15.9 Å². The van der Waals surface area contributed by atoms with Crippen LogP contribution in [0.3, 0.4) is 0 Å². The molecule has 0 spiro atoms. The number of benzene rings is 1. The quantitative estimate of drug-likeness (QED) is 0.813. The van der Waals surface area contributed by atoms with Crippen LogP contribution in [0.1, 0.15) is 11.4 Å². The number of aromatic nitrogens is 2. The van der Waals surface area contributed by atoms with Gasteiger partial charge in [-0.05, 0) is 18.2 Å². The van der Waals surface area contributed by atoms with Crippen molar-refractivity contribution in [2.75, 3.05) is 11.4 Å². The highest BCUT2D eigenvalue weighted by molar-refractivity contribution is 9.10. The summed E-state index contributed by atoms with van der Waals surface area (Å²) in [5.74, 6) is 1.05. The summed E-state index contributed by atoms with van der Waals surface area (Å²) in [6.45, 7) is 2.57. The molecule has 3 rings (SSSR count). The first kappa shape index (κ1) is 11.3. The van der Waals surface area contributed by atoms with Crippen molar-refractivity contribution in [2.24, 2.45) is 0 Å². The predicted molar refractivity (Wildman–Crippen MR) is 72.1 cm³/mol. The molecule has 1 aromatic heterocycles. The Hall–Kier alpha value is -1.80. The molecule has 0 amide bonds. The Bertz CT molecular complexity index is 626. The van der Waals surface area contributed by atoms with E-state index in [2.05, 4.69) is 36.5 Å². The highest BCUT2D eigenvalue weighted by Gasteiger charge is 2.19.